The lowest BCUT2D eigenvalue weighted by Crippen LogP contribution is -2.33. The predicted octanol–water partition coefficient (Wildman–Crippen LogP) is 4.26. The number of rotatable bonds is 8. The normalized spacial score (nSPS) is 16.8. The van der Waals surface area contributed by atoms with Crippen LogP contribution >= 0.6 is 0 Å². The Morgan fingerprint density at radius 2 is 1.87 bits per heavy atom. The van der Waals surface area contributed by atoms with E-state index in [-0.39, 0.29) is 18.9 Å². The average Bonchev–Trinajstić information content (AvgIpc) is 3.16. The van der Waals surface area contributed by atoms with Gasteiger partial charge in [-0.25, -0.2) is 0 Å². The summed E-state index contributed by atoms with van der Waals surface area (Å²) in [6, 6.07) is 15.3. The summed E-state index contributed by atoms with van der Waals surface area (Å²) in [5.41, 5.74) is 3.62. The molecule has 3 rings (SSSR count). The fraction of sp³-hybridized carbons (Fsp3) is 0.400. The Labute approximate surface area is 183 Å². The Kier molecular flexibility index (Phi) is 7.45. The van der Waals surface area contributed by atoms with Crippen LogP contribution in [0.2, 0.25) is 0 Å². The van der Waals surface area contributed by atoms with Crippen LogP contribution in [0, 0.1) is 12.8 Å². The van der Waals surface area contributed by atoms with Crippen molar-refractivity contribution in [3.63, 3.8) is 0 Å². The quantitative estimate of drug-likeness (QED) is 0.645. The molecule has 2 aromatic rings. The summed E-state index contributed by atoms with van der Waals surface area (Å²) in [4.78, 5) is 39.1. The summed E-state index contributed by atoms with van der Waals surface area (Å²) in [7, 11) is 0. The van der Waals surface area contributed by atoms with Gasteiger partial charge in [-0.05, 0) is 56.0 Å². The third-order valence-corrected chi connectivity index (χ3v) is 5.59. The molecule has 0 saturated carbocycles. The second kappa shape index (κ2) is 10.2. The summed E-state index contributed by atoms with van der Waals surface area (Å²) < 4.78 is 5.37. The smallest absolute Gasteiger partial charge is 0.312 e. The number of unbranched alkanes of at least 4 members (excludes halogenated alkanes) is 1. The lowest BCUT2D eigenvalue weighted by molar-refractivity contribution is -0.157. The molecule has 1 fully saturated rings. The first-order chi connectivity index (χ1) is 14.9. The number of nitrogens with one attached hydrogen (secondary N) is 1. The monoisotopic (exact) mass is 422 g/mol. The third kappa shape index (κ3) is 5.72. The lowest BCUT2D eigenvalue weighted by atomic mass is 10.1. The van der Waals surface area contributed by atoms with Crippen molar-refractivity contribution >= 4 is 29.2 Å². The van der Waals surface area contributed by atoms with Crippen LogP contribution in [0.1, 0.15) is 44.2 Å². The molecule has 31 heavy (non-hydrogen) atoms. The Hall–Kier alpha value is -3.15. The van der Waals surface area contributed by atoms with Gasteiger partial charge < -0.3 is 15.0 Å². The van der Waals surface area contributed by atoms with Gasteiger partial charge in [-0.2, -0.15) is 0 Å². The minimum atomic E-state index is -0.950. The molecule has 1 aliphatic rings. The zero-order chi connectivity index (χ0) is 22.4. The van der Waals surface area contributed by atoms with Crippen molar-refractivity contribution in [1.29, 1.82) is 0 Å². The first-order valence-electron chi connectivity index (χ1n) is 10.8. The van der Waals surface area contributed by atoms with E-state index in [1.807, 2.05) is 49.4 Å². The molecular weight excluding hydrogens is 392 g/mol. The van der Waals surface area contributed by atoms with Gasteiger partial charge in [0.05, 0.1) is 5.92 Å². The maximum atomic E-state index is 12.6. The zero-order valence-electron chi connectivity index (χ0n) is 18.4. The fourth-order valence-electron chi connectivity index (χ4n) is 3.61. The molecule has 2 amide bonds. The van der Waals surface area contributed by atoms with E-state index in [4.69, 9.17) is 4.74 Å². The number of esters is 1. The van der Waals surface area contributed by atoms with Crippen LogP contribution < -0.4 is 10.2 Å². The van der Waals surface area contributed by atoms with Gasteiger partial charge >= 0.3 is 5.97 Å². The molecule has 0 unspecified atom stereocenters. The molecule has 0 aliphatic carbocycles. The minimum absolute atomic E-state index is 0.0859. The number of hydrogen-bond donors (Lipinski definition) is 1. The topological polar surface area (TPSA) is 75.7 Å². The van der Waals surface area contributed by atoms with Gasteiger partial charge in [-0.3, -0.25) is 14.4 Å². The van der Waals surface area contributed by atoms with Gasteiger partial charge in [0.2, 0.25) is 5.91 Å². The van der Waals surface area contributed by atoms with Crippen LogP contribution in [0.4, 0.5) is 11.4 Å². The number of anilines is 2. The minimum Gasteiger partial charge on any atom is -0.452 e. The van der Waals surface area contributed by atoms with Crippen LogP contribution in [0.25, 0.3) is 0 Å². The van der Waals surface area contributed by atoms with E-state index in [1.165, 1.54) is 12.5 Å². The number of benzene rings is 2. The van der Waals surface area contributed by atoms with Crippen molar-refractivity contribution < 1.29 is 19.1 Å². The summed E-state index contributed by atoms with van der Waals surface area (Å²) >= 11 is 0. The molecule has 2 atom stereocenters. The number of hydrogen-bond acceptors (Lipinski definition) is 4. The summed E-state index contributed by atoms with van der Waals surface area (Å²) in [6.45, 7) is 5.85. The van der Waals surface area contributed by atoms with Crippen molar-refractivity contribution in [1.82, 2.24) is 0 Å². The highest BCUT2D eigenvalue weighted by molar-refractivity contribution is 6.00. The van der Waals surface area contributed by atoms with Crippen LogP contribution in [0.5, 0.6) is 0 Å². The summed E-state index contributed by atoms with van der Waals surface area (Å²) in [5.74, 6) is -1.62. The number of carbonyl (C=O) groups is 3. The number of carbonyl (C=O) groups excluding carboxylic acids is 3. The molecule has 0 aromatic heterocycles. The molecule has 1 saturated heterocycles. The average molecular weight is 423 g/mol. The highest BCUT2D eigenvalue weighted by atomic mass is 16.5. The molecular formula is C25H30N2O4. The second-order valence-electron chi connectivity index (χ2n) is 8.06. The molecule has 6 nitrogen and oxygen atoms in total. The van der Waals surface area contributed by atoms with Crippen molar-refractivity contribution in [2.75, 3.05) is 16.8 Å². The SMILES string of the molecule is CCCCc1ccc(N2C[C@H](C(=O)O[C@H](C)C(=O)Nc3ccccc3C)CC2=O)cc1. The van der Waals surface area contributed by atoms with Gasteiger partial charge in [0.1, 0.15) is 0 Å². The van der Waals surface area contributed by atoms with Gasteiger partial charge in [0.15, 0.2) is 6.10 Å². The first kappa shape index (κ1) is 22.5. The molecule has 0 spiro atoms. The predicted molar refractivity (Wildman–Crippen MR) is 121 cm³/mol. The Bertz CT molecular complexity index is 939. The Balaban J connectivity index is 1.56. The van der Waals surface area contributed by atoms with Crippen LogP contribution in [-0.4, -0.2) is 30.4 Å². The van der Waals surface area contributed by atoms with Crippen LogP contribution in [-0.2, 0) is 25.5 Å². The van der Waals surface area contributed by atoms with E-state index in [0.717, 1.165) is 30.5 Å². The number of aryl methyl sites for hydroxylation is 2. The van der Waals surface area contributed by atoms with E-state index in [9.17, 15) is 14.4 Å². The van der Waals surface area contributed by atoms with Gasteiger partial charge in [-0.15, -0.1) is 0 Å². The molecule has 0 bridgehead atoms. The first-order valence-corrected chi connectivity index (χ1v) is 10.8. The molecule has 1 N–H and O–H groups in total. The van der Waals surface area contributed by atoms with Crippen molar-refractivity contribution in [3.05, 3.63) is 59.7 Å². The maximum absolute atomic E-state index is 12.6. The Morgan fingerprint density at radius 3 is 2.55 bits per heavy atom. The molecule has 1 aliphatic heterocycles. The van der Waals surface area contributed by atoms with E-state index in [1.54, 1.807) is 11.0 Å². The van der Waals surface area contributed by atoms with Crippen molar-refractivity contribution in [2.45, 2.75) is 52.6 Å². The third-order valence-electron chi connectivity index (χ3n) is 5.59. The van der Waals surface area contributed by atoms with E-state index >= 15 is 0 Å². The van der Waals surface area contributed by atoms with Crippen molar-refractivity contribution in [3.8, 4) is 0 Å². The van der Waals surface area contributed by atoms with Gasteiger partial charge in [0, 0.05) is 24.3 Å². The van der Waals surface area contributed by atoms with Crippen molar-refractivity contribution in [2.24, 2.45) is 5.92 Å². The van der Waals surface area contributed by atoms with E-state index in [2.05, 4.69) is 12.2 Å². The lowest BCUT2D eigenvalue weighted by Gasteiger charge is -2.18. The molecule has 1 heterocycles. The van der Waals surface area contributed by atoms with E-state index < -0.39 is 23.9 Å². The standard InChI is InChI=1S/C25H30N2O4/c1-4-5-9-19-11-13-21(14-12-19)27-16-20(15-23(27)28)25(30)31-18(3)24(29)26-22-10-7-6-8-17(22)2/h6-8,10-14,18,20H,4-5,9,15-16H2,1-3H3,(H,26,29)/t18-,20-/m1/s1. The highest BCUT2D eigenvalue weighted by Gasteiger charge is 2.37. The van der Waals surface area contributed by atoms with Gasteiger partial charge in [0.25, 0.3) is 5.91 Å². The molecule has 164 valence electrons. The second-order valence-corrected chi connectivity index (χ2v) is 8.06. The van der Waals surface area contributed by atoms with Gasteiger partial charge in [-0.1, -0.05) is 43.7 Å². The van der Waals surface area contributed by atoms with E-state index in [0.29, 0.717) is 5.69 Å². The Morgan fingerprint density at radius 1 is 1.16 bits per heavy atom. The number of amides is 2. The molecule has 6 heteroatoms. The van der Waals surface area contributed by atoms with Crippen LogP contribution in [0.3, 0.4) is 0 Å². The molecule has 2 aromatic carbocycles. The number of para-hydroxylation sites is 1. The van der Waals surface area contributed by atoms with Crippen LogP contribution in [0.15, 0.2) is 48.5 Å². The largest absolute Gasteiger partial charge is 0.452 e. The number of ether oxygens (including phenoxy) is 1. The summed E-state index contributed by atoms with van der Waals surface area (Å²) in [5, 5.41) is 2.78. The number of nitrogens with zero attached hydrogens (tertiary/aromatic N) is 1. The summed E-state index contributed by atoms with van der Waals surface area (Å²) in [6.07, 6.45) is 2.42. The maximum Gasteiger partial charge on any atom is 0.312 e. The highest BCUT2D eigenvalue weighted by Crippen LogP contribution is 2.27. The fourth-order valence-corrected chi connectivity index (χ4v) is 3.61. The molecule has 0 radical (unpaired) electrons. The zero-order valence-corrected chi connectivity index (χ0v) is 18.4.